The summed E-state index contributed by atoms with van der Waals surface area (Å²) in [6, 6.07) is 0. The molecule has 1 heterocycles. The van der Waals surface area contributed by atoms with Crippen LogP contribution in [-0.2, 0) is 31.9 Å². The van der Waals surface area contributed by atoms with Crippen LogP contribution in [0.3, 0.4) is 0 Å². The number of carbonyl (C=O) groups excluding carboxylic acids is 2. The molecule has 0 radical (unpaired) electrons. The van der Waals surface area contributed by atoms with E-state index in [2.05, 4.69) is 0 Å². The second-order valence-corrected chi connectivity index (χ2v) is 6.31. The van der Waals surface area contributed by atoms with Crippen molar-refractivity contribution >= 4 is 11.9 Å². The van der Waals surface area contributed by atoms with E-state index in [0.717, 1.165) is 11.1 Å². The zero-order chi connectivity index (χ0) is 15.0. The fourth-order valence-electron chi connectivity index (χ4n) is 2.66. The summed E-state index contributed by atoms with van der Waals surface area (Å²) in [6.07, 6.45) is 4.16. The molecule has 5 nitrogen and oxygen atoms in total. The van der Waals surface area contributed by atoms with E-state index in [1.165, 1.54) is 7.11 Å². The van der Waals surface area contributed by atoms with Gasteiger partial charge in [-0.05, 0) is 44.7 Å². The van der Waals surface area contributed by atoms with Crippen LogP contribution in [0.4, 0.5) is 0 Å². The van der Waals surface area contributed by atoms with E-state index < -0.39 is 11.0 Å². The zero-order valence-electron chi connectivity index (χ0n) is 12.3. The maximum atomic E-state index is 12.1. The maximum Gasteiger partial charge on any atom is 0.313 e. The molecule has 1 aliphatic carbocycles. The lowest BCUT2D eigenvalue weighted by Gasteiger charge is -2.27. The minimum absolute atomic E-state index is 0.0195. The van der Waals surface area contributed by atoms with E-state index in [9.17, 15) is 9.59 Å². The monoisotopic (exact) mass is 280 g/mol. The van der Waals surface area contributed by atoms with Gasteiger partial charge in [0.25, 0.3) is 0 Å². The van der Waals surface area contributed by atoms with Crippen LogP contribution in [0.2, 0.25) is 0 Å². The van der Waals surface area contributed by atoms with Crippen LogP contribution in [0.25, 0.3) is 0 Å². The predicted octanol–water partition coefficient (Wildman–Crippen LogP) is 2.27. The van der Waals surface area contributed by atoms with E-state index in [-0.39, 0.29) is 18.4 Å². The predicted molar refractivity (Wildman–Crippen MR) is 71.0 cm³/mol. The topological polar surface area (TPSA) is 65.7 Å². The highest BCUT2D eigenvalue weighted by molar-refractivity contribution is 5.85. The highest BCUT2D eigenvalue weighted by Crippen LogP contribution is 2.41. The van der Waals surface area contributed by atoms with E-state index in [4.69, 9.17) is 13.9 Å². The number of ether oxygens (including phenoxy) is 2. The summed E-state index contributed by atoms with van der Waals surface area (Å²) in [7, 11) is 1.34. The second-order valence-electron chi connectivity index (χ2n) is 6.31. The summed E-state index contributed by atoms with van der Waals surface area (Å²) in [5, 5.41) is 0. The van der Waals surface area contributed by atoms with Crippen LogP contribution in [0.1, 0.15) is 38.3 Å². The zero-order valence-corrected chi connectivity index (χ0v) is 12.3. The van der Waals surface area contributed by atoms with Crippen molar-refractivity contribution in [2.24, 2.45) is 5.41 Å². The molecule has 1 aromatic heterocycles. The third-order valence-electron chi connectivity index (χ3n) is 3.41. The van der Waals surface area contributed by atoms with Crippen LogP contribution >= 0.6 is 0 Å². The van der Waals surface area contributed by atoms with E-state index >= 15 is 0 Å². The molecule has 5 heteroatoms. The number of rotatable bonds is 3. The van der Waals surface area contributed by atoms with Crippen molar-refractivity contribution in [3.8, 4) is 0 Å². The first-order valence-corrected chi connectivity index (χ1v) is 6.60. The number of furan rings is 1. The maximum absolute atomic E-state index is 12.1. The largest absolute Gasteiger partial charge is 0.472 e. The number of fused-ring (bicyclic) bond motifs is 1. The molecule has 1 aromatic rings. The molecule has 0 fully saturated rings. The van der Waals surface area contributed by atoms with Crippen molar-refractivity contribution in [3.63, 3.8) is 0 Å². The SMILES string of the molecule is COC(=O)C1(CC(=O)OC(C)(C)C)Cc2cocc2C1. The van der Waals surface area contributed by atoms with Gasteiger partial charge in [-0.1, -0.05) is 0 Å². The highest BCUT2D eigenvalue weighted by atomic mass is 16.6. The number of hydrogen-bond donors (Lipinski definition) is 0. The fourth-order valence-corrected chi connectivity index (χ4v) is 2.66. The molecule has 0 unspecified atom stereocenters. The summed E-state index contributed by atoms with van der Waals surface area (Å²) in [6.45, 7) is 5.41. The Morgan fingerprint density at radius 3 is 2.25 bits per heavy atom. The average Bonchev–Trinajstić information content (AvgIpc) is 2.84. The molecule has 0 saturated carbocycles. The minimum atomic E-state index is -0.863. The van der Waals surface area contributed by atoms with Gasteiger partial charge in [-0.3, -0.25) is 9.59 Å². The smallest absolute Gasteiger partial charge is 0.313 e. The molecule has 0 atom stereocenters. The lowest BCUT2D eigenvalue weighted by molar-refractivity contribution is -0.166. The standard InChI is InChI=1S/C15H20O5/c1-14(2,3)20-12(16)7-15(13(17)18-4)5-10-8-19-9-11(10)6-15/h8-9H,5-7H2,1-4H3. The van der Waals surface area contributed by atoms with Crippen LogP contribution in [0.15, 0.2) is 16.9 Å². The van der Waals surface area contributed by atoms with Crippen molar-refractivity contribution in [2.45, 2.75) is 45.6 Å². The van der Waals surface area contributed by atoms with Crippen LogP contribution in [-0.4, -0.2) is 24.6 Å². The summed E-state index contributed by atoms with van der Waals surface area (Å²) < 4.78 is 15.3. The lowest BCUT2D eigenvalue weighted by Crippen LogP contribution is -2.37. The minimum Gasteiger partial charge on any atom is -0.472 e. The molecule has 20 heavy (non-hydrogen) atoms. The third kappa shape index (κ3) is 2.86. The van der Waals surface area contributed by atoms with Gasteiger partial charge in [0.15, 0.2) is 0 Å². The number of carbonyl (C=O) groups is 2. The molecule has 0 N–H and O–H groups in total. The lowest BCUT2D eigenvalue weighted by atomic mass is 9.81. The summed E-state index contributed by atoms with van der Waals surface area (Å²) in [5.74, 6) is -0.760. The fraction of sp³-hybridized carbons (Fsp3) is 0.600. The molecule has 0 aliphatic heterocycles. The quantitative estimate of drug-likeness (QED) is 0.795. The van der Waals surface area contributed by atoms with Crippen LogP contribution in [0, 0.1) is 5.41 Å². The molecule has 0 amide bonds. The molecule has 110 valence electrons. The third-order valence-corrected chi connectivity index (χ3v) is 3.41. The van der Waals surface area contributed by atoms with Gasteiger partial charge in [0.05, 0.1) is 31.5 Å². The van der Waals surface area contributed by atoms with E-state index in [0.29, 0.717) is 12.8 Å². The summed E-state index contributed by atoms with van der Waals surface area (Å²) in [4.78, 5) is 24.2. The number of hydrogen-bond acceptors (Lipinski definition) is 5. The van der Waals surface area contributed by atoms with Gasteiger partial charge in [0.2, 0.25) is 0 Å². The van der Waals surface area contributed by atoms with Gasteiger partial charge in [-0.15, -0.1) is 0 Å². The van der Waals surface area contributed by atoms with Crippen molar-refractivity contribution in [1.29, 1.82) is 0 Å². The normalized spacial score (nSPS) is 16.6. The molecular formula is C15H20O5. The Bertz CT molecular complexity index is 500. The molecule has 0 spiro atoms. The van der Waals surface area contributed by atoms with Gasteiger partial charge in [0, 0.05) is 0 Å². The van der Waals surface area contributed by atoms with Gasteiger partial charge in [-0.2, -0.15) is 0 Å². The Morgan fingerprint density at radius 2 is 1.80 bits per heavy atom. The Morgan fingerprint density at radius 1 is 1.25 bits per heavy atom. The van der Waals surface area contributed by atoms with Crippen LogP contribution in [0.5, 0.6) is 0 Å². The van der Waals surface area contributed by atoms with Crippen molar-refractivity contribution in [3.05, 3.63) is 23.7 Å². The molecule has 1 aliphatic rings. The highest BCUT2D eigenvalue weighted by Gasteiger charge is 2.48. The first-order chi connectivity index (χ1) is 9.26. The molecule has 2 rings (SSSR count). The van der Waals surface area contributed by atoms with Crippen molar-refractivity contribution in [1.82, 2.24) is 0 Å². The molecular weight excluding hydrogens is 260 g/mol. The number of esters is 2. The summed E-state index contributed by atoms with van der Waals surface area (Å²) in [5.41, 5.74) is 0.487. The molecule has 0 saturated heterocycles. The van der Waals surface area contributed by atoms with E-state index in [1.807, 2.05) is 0 Å². The van der Waals surface area contributed by atoms with E-state index in [1.54, 1.807) is 33.3 Å². The molecule has 0 aromatic carbocycles. The van der Waals surface area contributed by atoms with Gasteiger partial charge >= 0.3 is 11.9 Å². The average molecular weight is 280 g/mol. The van der Waals surface area contributed by atoms with Gasteiger partial charge in [0.1, 0.15) is 5.60 Å². The first-order valence-electron chi connectivity index (χ1n) is 6.60. The Balaban J connectivity index is 2.16. The Hall–Kier alpha value is -1.78. The second kappa shape index (κ2) is 4.96. The molecule has 0 bridgehead atoms. The van der Waals surface area contributed by atoms with Crippen molar-refractivity contribution < 1.29 is 23.5 Å². The Kier molecular flexibility index (Phi) is 3.63. The Labute approximate surface area is 118 Å². The van der Waals surface area contributed by atoms with Crippen LogP contribution < -0.4 is 0 Å². The van der Waals surface area contributed by atoms with Gasteiger partial charge < -0.3 is 13.9 Å². The summed E-state index contributed by atoms with van der Waals surface area (Å²) >= 11 is 0. The number of methoxy groups -OCH3 is 1. The van der Waals surface area contributed by atoms with Gasteiger partial charge in [-0.25, -0.2) is 0 Å². The van der Waals surface area contributed by atoms with Crippen molar-refractivity contribution in [2.75, 3.05) is 7.11 Å². The first kappa shape index (κ1) is 14.6.